The van der Waals surface area contributed by atoms with Gasteiger partial charge in [0.25, 0.3) is 0 Å². The molecule has 0 spiro atoms. The first-order chi connectivity index (χ1) is 4.66. The Morgan fingerprint density at radius 3 is 2.50 bits per heavy atom. The molecule has 1 aromatic rings. The van der Waals surface area contributed by atoms with E-state index in [1.165, 1.54) is 0 Å². The molecule has 4 heteroatoms. The second kappa shape index (κ2) is 2.72. The Kier molecular flexibility index (Phi) is 2.11. The number of rotatable bonds is 1. The Labute approximate surface area is 67.8 Å². The fraction of sp³-hybridized carbons (Fsp3) is 0.500. The van der Waals surface area contributed by atoms with Crippen molar-refractivity contribution in [2.24, 2.45) is 7.05 Å². The maximum absolute atomic E-state index is 8.75. The molecular weight excluding hydrogens is 196 g/mol. The highest BCUT2D eigenvalue weighted by atomic mass is 79.9. The summed E-state index contributed by atoms with van der Waals surface area (Å²) in [6, 6.07) is 0. The van der Waals surface area contributed by atoms with E-state index in [4.69, 9.17) is 5.11 Å². The second-order valence-corrected chi connectivity index (χ2v) is 2.92. The van der Waals surface area contributed by atoms with Crippen LogP contribution in [0.1, 0.15) is 11.4 Å². The smallest absolute Gasteiger partial charge is 0.102 e. The van der Waals surface area contributed by atoms with Gasteiger partial charge in [0.2, 0.25) is 0 Å². The van der Waals surface area contributed by atoms with E-state index >= 15 is 0 Å². The molecule has 0 aliphatic carbocycles. The van der Waals surface area contributed by atoms with Crippen molar-refractivity contribution in [3.05, 3.63) is 15.9 Å². The van der Waals surface area contributed by atoms with Gasteiger partial charge in [0.1, 0.15) is 5.69 Å². The summed E-state index contributed by atoms with van der Waals surface area (Å²) in [5, 5.41) is 12.8. The summed E-state index contributed by atoms with van der Waals surface area (Å²) >= 11 is 3.32. The average molecular weight is 205 g/mol. The summed E-state index contributed by atoms with van der Waals surface area (Å²) in [6.45, 7) is 1.93. The first kappa shape index (κ1) is 7.75. The predicted molar refractivity (Wildman–Crippen MR) is 41.6 cm³/mol. The monoisotopic (exact) mass is 204 g/mol. The van der Waals surface area contributed by atoms with Crippen molar-refractivity contribution in [2.75, 3.05) is 0 Å². The van der Waals surface area contributed by atoms with Crippen molar-refractivity contribution in [2.45, 2.75) is 13.5 Å². The lowest BCUT2D eigenvalue weighted by Crippen LogP contribution is -1.93. The molecule has 0 saturated carbocycles. The molecule has 0 saturated heterocycles. The van der Waals surface area contributed by atoms with Crippen LogP contribution in [0.2, 0.25) is 0 Å². The topological polar surface area (TPSA) is 38.1 Å². The van der Waals surface area contributed by atoms with Crippen LogP contribution in [-0.4, -0.2) is 14.9 Å². The number of aryl methyl sites for hydroxylation is 1. The summed E-state index contributed by atoms with van der Waals surface area (Å²) in [6.07, 6.45) is 0. The molecule has 0 bridgehead atoms. The molecule has 0 unspecified atom stereocenters. The molecule has 1 aromatic heterocycles. The van der Waals surface area contributed by atoms with Crippen molar-refractivity contribution >= 4 is 15.9 Å². The number of aliphatic hydroxyl groups is 1. The van der Waals surface area contributed by atoms with Gasteiger partial charge in [-0.3, -0.25) is 4.68 Å². The largest absolute Gasteiger partial charge is 0.390 e. The van der Waals surface area contributed by atoms with E-state index in [1.54, 1.807) is 4.68 Å². The van der Waals surface area contributed by atoms with Gasteiger partial charge in [-0.25, -0.2) is 0 Å². The molecule has 3 nitrogen and oxygen atoms in total. The van der Waals surface area contributed by atoms with Crippen LogP contribution >= 0.6 is 15.9 Å². The molecule has 0 aliphatic rings. The third kappa shape index (κ3) is 1.09. The standard InChI is InChI=1S/C6H9BrN2O/c1-4-6(7)5(3-10)8-9(4)2/h10H,3H2,1-2H3. The van der Waals surface area contributed by atoms with Crippen molar-refractivity contribution in [1.29, 1.82) is 0 Å². The Balaban J connectivity index is 3.17. The first-order valence-electron chi connectivity index (χ1n) is 2.95. The fourth-order valence-electron chi connectivity index (χ4n) is 0.752. The molecule has 0 aromatic carbocycles. The van der Waals surface area contributed by atoms with Crippen molar-refractivity contribution in [1.82, 2.24) is 9.78 Å². The highest BCUT2D eigenvalue weighted by Gasteiger charge is 2.07. The fourth-order valence-corrected chi connectivity index (χ4v) is 1.21. The van der Waals surface area contributed by atoms with Gasteiger partial charge >= 0.3 is 0 Å². The van der Waals surface area contributed by atoms with Crippen molar-refractivity contribution in [3.8, 4) is 0 Å². The highest BCUT2D eigenvalue weighted by Crippen LogP contribution is 2.19. The van der Waals surface area contributed by atoms with Gasteiger partial charge in [-0.05, 0) is 22.9 Å². The maximum Gasteiger partial charge on any atom is 0.102 e. The number of halogens is 1. The van der Waals surface area contributed by atoms with E-state index in [0.29, 0.717) is 5.69 Å². The van der Waals surface area contributed by atoms with Crippen LogP contribution in [0, 0.1) is 6.92 Å². The molecule has 0 fully saturated rings. The number of aliphatic hydroxyl groups excluding tert-OH is 1. The van der Waals surface area contributed by atoms with Gasteiger partial charge in [-0.15, -0.1) is 0 Å². The number of aromatic nitrogens is 2. The minimum atomic E-state index is -0.0116. The Bertz CT molecular complexity index is 244. The summed E-state index contributed by atoms with van der Waals surface area (Å²) < 4.78 is 2.63. The van der Waals surface area contributed by atoms with E-state index in [-0.39, 0.29) is 6.61 Å². The summed E-state index contributed by atoms with van der Waals surface area (Å²) in [5.74, 6) is 0. The van der Waals surface area contributed by atoms with Crippen molar-refractivity contribution < 1.29 is 5.11 Å². The predicted octanol–water partition coefficient (Wildman–Crippen LogP) is 0.983. The van der Waals surface area contributed by atoms with E-state index < -0.39 is 0 Å². The van der Waals surface area contributed by atoms with Crippen LogP contribution in [-0.2, 0) is 13.7 Å². The third-order valence-electron chi connectivity index (χ3n) is 1.48. The first-order valence-corrected chi connectivity index (χ1v) is 3.75. The van der Waals surface area contributed by atoms with Gasteiger partial charge in [0.05, 0.1) is 11.1 Å². The van der Waals surface area contributed by atoms with Crippen LogP contribution in [0.25, 0.3) is 0 Å². The van der Waals surface area contributed by atoms with Crippen molar-refractivity contribution in [3.63, 3.8) is 0 Å². The molecule has 10 heavy (non-hydrogen) atoms. The van der Waals surface area contributed by atoms with Gasteiger partial charge in [0, 0.05) is 12.7 Å². The van der Waals surface area contributed by atoms with Crippen LogP contribution in [0.3, 0.4) is 0 Å². The van der Waals surface area contributed by atoms with Crippen LogP contribution in [0.15, 0.2) is 4.47 Å². The molecular formula is C6H9BrN2O. The third-order valence-corrected chi connectivity index (χ3v) is 2.51. The van der Waals surface area contributed by atoms with E-state index in [9.17, 15) is 0 Å². The molecule has 56 valence electrons. The zero-order chi connectivity index (χ0) is 7.72. The Morgan fingerprint density at radius 2 is 2.30 bits per heavy atom. The minimum absolute atomic E-state index is 0.0116. The molecule has 0 radical (unpaired) electrons. The molecule has 1 N–H and O–H groups in total. The Morgan fingerprint density at radius 1 is 1.70 bits per heavy atom. The molecule has 1 heterocycles. The zero-order valence-electron chi connectivity index (χ0n) is 5.93. The SMILES string of the molecule is Cc1c(Br)c(CO)nn1C. The average Bonchev–Trinajstić information content (AvgIpc) is 2.17. The minimum Gasteiger partial charge on any atom is -0.390 e. The van der Waals surface area contributed by atoms with Gasteiger partial charge in [-0.2, -0.15) is 5.10 Å². The Hall–Kier alpha value is -0.350. The normalized spacial score (nSPS) is 10.4. The van der Waals surface area contributed by atoms with E-state index in [1.807, 2.05) is 14.0 Å². The van der Waals surface area contributed by atoms with Gasteiger partial charge in [-0.1, -0.05) is 0 Å². The van der Waals surface area contributed by atoms with Crippen LogP contribution in [0.4, 0.5) is 0 Å². The lowest BCUT2D eigenvalue weighted by atomic mass is 10.4. The maximum atomic E-state index is 8.75. The summed E-state index contributed by atoms with van der Waals surface area (Å²) in [7, 11) is 1.85. The lowest BCUT2D eigenvalue weighted by molar-refractivity contribution is 0.275. The number of hydrogen-bond donors (Lipinski definition) is 1. The second-order valence-electron chi connectivity index (χ2n) is 2.13. The van der Waals surface area contributed by atoms with Crippen LogP contribution in [0.5, 0.6) is 0 Å². The lowest BCUT2D eigenvalue weighted by Gasteiger charge is -1.89. The molecule has 1 rings (SSSR count). The van der Waals surface area contributed by atoms with Gasteiger partial charge in [0.15, 0.2) is 0 Å². The zero-order valence-corrected chi connectivity index (χ0v) is 7.51. The molecule has 0 atom stereocenters. The van der Waals surface area contributed by atoms with Crippen LogP contribution < -0.4 is 0 Å². The summed E-state index contributed by atoms with van der Waals surface area (Å²) in [5.41, 5.74) is 1.73. The van der Waals surface area contributed by atoms with E-state index in [0.717, 1.165) is 10.2 Å². The summed E-state index contributed by atoms with van der Waals surface area (Å²) in [4.78, 5) is 0. The quantitative estimate of drug-likeness (QED) is 0.742. The molecule has 0 aliphatic heterocycles. The van der Waals surface area contributed by atoms with E-state index in [2.05, 4.69) is 21.0 Å². The number of nitrogens with zero attached hydrogens (tertiary/aromatic N) is 2. The molecule has 0 amide bonds. The highest BCUT2D eigenvalue weighted by molar-refractivity contribution is 9.10. The van der Waals surface area contributed by atoms with Gasteiger partial charge < -0.3 is 5.11 Å². The number of hydrogen-bond acceptors (Lipinski definition) is 2.